The first-order valence-electron chi connectivity index (χ1n) is 5.00. The second kappa shape index (κ2) is 5.20. The predicted molar refractivity (Wildman–Crippen MR) is 66.7 cm³/mol. The van der Waals surface area contributed by atoms with E-state index in [1.54, 1.807) is 24.7 Å². The Morgan fingerprint density at radius 1 is 1.35 bits per heavy atom. The summed E-state index contributed by atoms with van der Waals surface area (Å²) in [5.74, 6) is 0.583. The van der Waals surface area contributed by atoms with Gasteiger partial charge in [0.1, 0.15) is 0 Å². The molecular formula is C11H11BrN4O. The van der Waals surface area contributed by atoms with Gasteiger partial charge in [-0.15, -0.1) is 0 Å². The van der Waals surface area contributed by atoms with E-state index in [1.165, 1.54) is 0 Å². The number of halogens is 1. The lowest BCUT2D eigenvalue weighted by molar-refractivity contribution is 0.437. The fraction of sp³-hybridized carbons (Fsp3) is 0.182. The third-order valence-electron chi connectivity index (χ3n) is 2.17. The van der Waals surface area contributed by atoms with Gasteiger partial charge in [0, 0.05) is 34.7 Å². The summed E-state index contributed by atoms with van der Waals surface area (Å²) < 4.78 is 6.32. The van der Waals surface area contributed by atoms with Gasteiger partial charge in [0.2, 0.25) is 0 Å². The lowest BCUT2D eigenvalue weighted by Crippen LogP contribution is -2.03. The van der Waals surface area contributed by atoms with Crippen molar-refractivity contribution >= 4 is 15.9 Å². The molecule has 5 nitrogen and oxygen atoms in total. The van der Waals surface area contributed by atoms with Crippen LogP contribution in [0.15, 0.2) is 29.1 Å². The van der Waals surface area contributed by atoms with Crippen molar-refractivity contribution in [3.8, 4) is 11.8 Å². The van der Waals surface area contributed by atoms with Crippen LogP contribution in [0.2, 0.25) is 0 Å². The number of ether oxygens (including phenoxy) is 1. The molecule has 0 bridgehead atoms. The van der Waals surface area contributed by atoms with Crippen molar-refractivity contribution in [3.63, 3.8) is 0 Å². The first-order valence-corrected chi connectivity index (χ1v) is 5.79. The minimum absolute atomic E-state index is 0.291. The van der Waals surface area contributed by atoms with Gasteiger partial charge in [-0.05, 0) is 28.9 Å². The van der Waals surface area contributed by atoms with Crippen molar-refractivity contribution in [1.29, 1.82) is 0 Å². The molecule has 0 aromatic carbocycles. The number of aryl methyl sites for hydroxylation is 1. The Balaban J connectivity index is 2.22. The molecule has 2 aromatic rings. The van der Waals surface area contributed by atoms with E-state index in [2.05, 4.69) is 30.9 Å². The van der Waals surface area contributed by atoms with E-state index in [1.807, 2.05) is 6.92 Å². The average molecular weight is 295 g/mol. The van der Waals surface area contributed by atoms with Crippen molar-refractivity contribution in [1.82, 2.24) is 15.0 Å². The fourth-order valence-electron chi connectivity index (χ4n) is 1.27. The zero-order valence-corrected chi connectivity index (χ0v) is 10.8. The highest BCUT2D eigenvalue weighted by Crippen LogP contribution is 2.20. The quantitative estimate of drug-likeness (QED) is 0.939. The van der Waals surface area contributed by atoms with Gasteiger partial charge in [-0.25, -0.2) is 4.98 Å². The fourth-order valence-corrected chi connectivity index (χ4v) is 1.62. The smallest absolute Gasteiger partial charge is 0.322 e. The zero-order chi connectivity index (χ0) is 12.3. The molecule has 0 spiro atoms. The molecule has 0 radical (unpaired) electrons. The van der Waals surface area contributed by atoms with Crippen LogP contribution in [0.1, 0.15) is 11.3 Å². The Morgan fingerprint density at radius 3 is 2.82 bits per heavy atom. The largest absolute Gasteiger partial charge is 0.423 e. The number of aromatic nitrogens is 3. The van der Waals surface area contributed by atoms with E-state index in [4.69, 9.17) is 10.5 Å². The van der Waals surface area contributed by atoms with Crippen LogP contribution in [0.5, 0.6) is 11.8 Å². The summed E-state index contributed by atoms with van der Waals surface area (Å²) in [7, 11) is 0. The van der Waals surface area contributed by atoms with E-state index in [-0.39, 0.29) is 0 Å². The molecular weight excluding hydrogens is 284 g/mol. The number of pyridine rings is 1. The van der Waals surface area contributed by atoms with E-state index in [0.29, 0.717) is 18.3 Å². The van der Waals surface area contributed by atoms with Crippen LogP contribution in [0, 0.1) is 6.92 Å². The van der Waals surface area contributed by atoms with Gasteiger partial charge in [-0.2, -0.15) is 4.98 Å². The van der Waals surface area contributed by atoms with Crippen molar-refractivity contribution in [3.05, 3.63) is 40.4 Å². The molecule has 2 rings (SSSR count). The monoisotopic (exact) mass is 294 g/mol. The van der Waals surface area contributed by atoms with Crippen LogP contribution in [0.3, 0.4) is 0 Å². The van der Waals surface area contributed by atoms with Crippen LogP contribution < -0.4 is 10.5 Å². The topological polar surface area (TPSA) is 73.9 Å². The summed E-state index contributed by atoms with van der Waals surface area (Å²) in [6.45, 7) is 2.29. The summed E-state index contributed by atoms with van der Waals surface area (Å²) in [5.41, 5.74) is 7.26. The first-order chi connectivity index (χ1) is 8.19. The molecule has 0 aliphatic carbocycles. The van der Waals surface area contributed by atoms with Gasteiger partial charge in [0.15, 0.2) is 5.75 Å². The standard InChI is InChI=1S/C11H11BrN4O/c1-7-8(3-13)4-15-11(16-7)17-10-2-9(12)5-14-6-10/h2,4-6H,3,13H2,1H3. The van der Waals surface area contributed by atoms with Crippen molar-refractivity contribution < 1.29 is 4.74 Å². The molecule has 0 aliphatic heterocycles. The highest BCUT2D eigenvalue weighted by molar-refractivity contribution is 9.10. The molecule has 0 saturated carbocycles. The second-order valence-corrected chi connectivity index (χ2v) is 4.32. The number of hydrogen-bond donors (Lipinski definition) is 1. The number of hydrogen-bond acceptors (Lipinski definition) is 5. The molecule has 0 aliphatic rings. The number of nitrogens with two attached hydrogens (primary N) is 1. The second-order valence-electron chi connectivity index (χ2n) is 3.41. The normalized spacial score (nSPS) is 10.3. The van der Waals surface area contributed by atoms with Crippen molar-refractivity contribution in [2.24, 2.45) is 5.73 Å². The van der Waals surface area contributed by atoms with Crippen LogP contribution in [-0.4, -0.2) is 15.0 Å². The Bertz CT molecular complexity index is 533. The average Bonchev–Trinajstić information content (AvgIpc) is 2.29. The first kappa shape index (κ1) is 11.9. The van der Waals surface area contributed by atoms with Crippen LogP contribution in [-0.2, 0) is 6.54 Å². The minimum Gasteiger partial charge on any atom is -0.423 e. The van der Waals surface area contributed by atoms with Crippen LogP contribution in [0.4, 0.5) is 0 Å². The van der Waals surface area contributed by atoms with Gasteiger partial charge >= 0.3 is 6.01 Å². The predicted octanol–water partition coefficient (Wildman–Crippen LogP) is 2.19. The Hall–Kier alpha value is -1.53. The summed E-state index contributed by atoms with van der Waals surface area (Å²) in [6.07, 6.45) is 4.94. The molecule has 2 aromatic heterocycles. The van der Waals surface area contributed by atoms with E-state index in [0.717, 1.165) is 15.7 Å². The maximum absolute atomic E-state index is 5.54. The third-order valence-corrected chi connectivity index (χ3v) is 2.60. The molecule has 2 N–H and O–H groups in total. The highest BCUT2D eigenvalue weighted by atomic mass is 79.9. The lowest BCUT2D eigenvalue weighted by atomic mass is 10.2. The Labute approximate surface area is 107 Å². The van der Waals surface area contributed by atoms with Gasteiger partial charge in [-0.1, -0.05) is 0 Å². The van der Waals surface area contributed by atoms with E-state index < -0.39 is 0 Å². The molecule has 2 heterocycles. The maximum Gasteiger partial charge on any atom is 0.322 e. The van der Waals surface area contributed by atoms with Gasteiger partial charge in [-0.3, -0.25) is 4.98 Å². The summed E-state index contributed by atoms with van der Waals surface area (Å²) in [4.78, 5) is 12.3. The Morgan fingerprint density at radius 2 is 2.18 bits per heavy atom. The highest BCUT2D eigenvalue weighted by Gasteiger charge is 2.04. The summed E-state index contributed by atoms with van der Waals surface area (Å²) in [6, 6.07) is 2.09. The lowest BCUT2D eigenvalue weighted by Gasteiger charge is -2.06. The van der Waals surface area contributed by atoms with Crippen LogP contribution >= 0.6 is 15.9 Å². The van der Waals surface area contributed by atoms with Gasteiger partial charge < -0.3 is 10.5 Å². The maximum atomic E-state index is 5.54. The SMILES string of the molecule is Cc1nc(Oc2cncc(Br)c2)ncc1CN. The summed E-state index contributed by atoms with van der Waals surface area (Å²) in [5, 5.41) is 0. The molecule has 0 unspecified atom stereocenters. The van der Waals surface area contributed by atoms with Gasteiger partial charge in [0.05, 0.1) is 6.20 Å². The molecule has 17 heavy (non-hydrogen) atoms. The zero-order valence-electron chi connectivity index (χ0n) is 9.22. The van der Waals surface area contributed by atoms with Crippen LogP contribution in [0.25, 0.3) is 0 Å². The Kier molecular flexibility index (Phi) is 3.65. The number of rotatable bonds is 3. The molecule has 0 fully saturated rings. The number of nitrogens with zero attached hydrogens (tertiary/aromatic N) is 3. The molecule has 0 saturated heterocycles. The molecule has 0 atom stereocenters. The molecule has 0 amide bonds. The minimum atomic E-state index is 0.291. The van der Waals surface area contributed by atoms with Gasteiger partial charge in [0.25, 0.3) is 0 Å². The van der Waals surface area contributed by atoms with E-state index >= 15 is 0 Å². The van der Waals surface area contributed by atoms with Crippen molar-refractivity contribution in [2.75, 3.05) is 0 Å². The molecule has 88 valence electrons. The molecule has 6 heteroatoms. The van der Waals surface area contributed by atoms with Crippen molar-refractivity contribution in [2.45, 2.75) is 13.5 Å². The van der Waals surface area contributed by atoms with E-state index in [9.17, 15) is 0 Å². The third kappa shape index (κ3) is 2.98. The summed E-state index contributed by atoms with van der Waals surface area (Å²) >= 11 is 3.31.